The minimum Gasteiger partial charge on any atom is -0.497 e. The van der Waals surface area contributed by atoms with Crippen molar-refractivity contribution in [2.75, 3.05) is 7.11 Å². The molecule has 0 spiro atoms. The van der Waals surface area contributed by atoms with Gasteiger partial charge in [0.1, 0.15) is 11.6 Å². The van der Waals surface area contributed by atoms with E-state index < -0.39 is 0 Å². The zero-order valence-corrected chi connectivity index (χ0v) is 17.9. The molecule has 0 saturated heterocycles. The molecular formula is C24H22ClFO2S. The fraction of sp³-hybridized carbons (Fsp3) is 0.208. The highest BCUT2D eigenvalue weighted by atomic mass is 35.5. The zero-order valence-electron chi connectivity index (χ0n) is 16.3. The number of ketones is 1. The fourth-order valence-corrected chi connectivity index (χ4v) is 4.56. The average Bonchev–Trinajstić information content (AvgIpc) is 2.73. The van der Waals surface area contributed by atoms with Crippen molar-refractivity contribution in [3.63, 3.8) is 0 Å². The summed E-state index contributed by atoms with van der Waals surface area (Å²) in [6.07, 6.45) is 0.312. The molecule has 0 N–H and O–H groups in total. The van der Waals surface area contributed by atoms with E-state index in [4.69, 9.17) is 16.3 Å². The Labute approximate surface area is 180 Å². The number of methoxy groups -OCH3 is 1. The van der Waals surface area contributed by atoms with Crippen molar-refractivity contribution in [3.8, 4) is 5.75 Å². The first-order chi connectivity index (χ1) is 14.0. The highest BCUT2D eigenvalue weighted by Crippen LogP contribution is 2.38. The molecule has 0 heterocycles. The van der Waals surface area contributed by atoms with Gasteiger partial charge in [-0.05, 0) is 36.8 Å². The molecule has 0 bridgehead atoms. The second kappa shape index (κ2) is 9.95. The number of aryl methyl sites for hydroxylation is 1. The molecule has 0 aliphatic rings. The lowest BCUT2D eigenvalue weighted by Gasteiger charge is -2.18. The summed E-state index contributed by atoms with van der Waals surface area (Å²) in [5, 5.41) is 0.265. The third kappa shape index (κ3) is 5.62. The van der Waals surface area contributed by atoms with Gasteiger partial charge < -0.3 is 4.74 Å². The van der Waals surface area contributed by atoms with E-state index in [1.165, 1.54) is 17.8 Å². The van der Waals surface area contributed by atoms with Gasteiger partial charge in [-0.1, -0.05) is 59.6 Å². The smallest absolute Gasteiger partial charge is 0.164 e. The molecule has 29 heavy (non-hydrogen) atoms. The lowest BCUT2D eigenvalue weighted by molar-refractivity contribution is 0.0982. The number of hydrogen-bond acceptors (Lipinski definition) is 3. The second-order valence-corrected chi connectivity index (χ2v) is 8.36. The summed E-state index contributed by atoms with van der Waals surface area (Å²) in [4.78, 5) is 12.9. The number of ether oxygens (including phenoxy) is 1. The third-order valence-electron chi connectivity index (χ3n) is 4.72. The Bertz CT molecular complexity index is 951. The van der Waals surface area contributed by atoms with E-state index in [0.29, 0.717) is 28.3 Å². The molecule has 0 radical (unpaired) electrons. The van der Waals surface area contributed by atoms with E-state index in [0.717, 1.165) is 16.9 Å². The van der Waals surface area contributed by atoms with Crippen LogP contribution in [0.25, 0.3) is 0 Å². The number of Topliss-reactive ketones (excluding diaryl/α,β-unsaturated/α-hetero) is 1. The number of carbonyl (C=O) groups is 1. The normalized spacial score (nSPS) is 11.9. The number of hydrogen-bond donors (Lipinski definition) is 0. The lowest BCUT2D eigenvalue weighted by atomic mass is 10.0. The summed E-state index contributed by atoms with van der Waals surface area (Å²) in [7, 11) is 1.61. The molecule has 1 atom stereocenters. The summed E-state index contributed by atoms with van der Waals surface area (Å²) in [6.45, 7) is 1.99. The van der Waals surface area contributed by atoms with Gasteiger partial charge in [-0.2, -0.15) is 0 Å². The van der Waals surface area contributed by atoms with Crippen molar-refractivity contribution in [1.29, 1.82) is 0 Å². The fourth-order valence-electron chi connectivity index (χ4n) is 2.97. The highest BCUT2D eigenvalue weighted by Gasteiger charge is 2.20. The maximum Gasteiger partial charge on any atom is 0.164 e. The largest absolute Gasteiger partial charge is 0.497 e. The number of halogens is 2. The summed E-state index contributed by atoms with van der Waals surface area (Å²) in [5.74, 6) is 0.851. The topological polar surface area (TPSA) is 26.3 Å². The summed E-state index contributed by atoms with van der Waals surface area (Å²) in [5.41, 5.74) is 3.24. The molecular weight excluding hydrogens is 407 g/mol. The Hall–Kier alpha value is -2.30. The van der Waals surface area contributed by atoms with Crippen molar-refractivity contribution in [2.24, 2.45) is 0 Å². The Kier molecular flexibility index (Phi) is 7.34. The van der Waals surface area contributed by atoms with Crippen LogP contribution in [0, 0.1) is 12.7 Å². The molecule has 0 aliphatic heterocycles. The first kappa shape index (κ1) is 21.4. The van der Waals surface area contributed by atoms with Crippen LogP contribution in [0.5, 0.6) is 5.75 Å². The van der Waals surface area contributed by atoms with Crippen LogP contribution >= 0.6 is 23.4 Å². The van der Waals surface area contributed by atoms with Crippen LogP contribution in [0.2, 0.25) is 5.02 Å². The molecule has 3 rings (SSSR count). The lowest BCUT2D eigenvalue weighted by Crippen LogP contribution is -2.06. The standard InChI is InChI=1S/C24H22ClFO2S/c1-16-6-8-17(9-7-16)23(27)14-24(18-10-12-19(28-2)13-11-18)29-15-20-21(25)4-3-5-22(20)26/h3-13,24H,14-15H2,1-2H3/t24-/m0/s1. The quantitative estimate of drug-likeness (QED) is 0.360. The van der Waals surface area contributed by atoms with Crippen LogP contribution < -0.4 is 4.74 Å². The van der Waals surface area contributed by atoms with Crippen LogP contribution in [-0.4, -0.2) is 12.9 Å². The van der Waals surface area contributed by atoms with Gasteiger partial charge in [0.05, 0.1) is 7.11 Å². The number of benzene rings is 3. The van der Waals surface area contributed by atoms with Gasteiger partial charge in [0, 0.05) is 33.6 Å². The van der Waals surface area contributed by atoms with E-state index in [-0.39, 0.29) is 16.9 Å². The van der Waals surface area contributed by atoms with Gasteiger partial charge in [-0.25, -0.2) is 4.39 Å². The van der Waals surface area contributed by atoms with Gasteiger partial charge in [0.15, 0.2) is 5.78 Å². The molecule has 150 valence electrons. The molecule has 3 aromatic rings. The van der Waals surface area contributed by atoms with Crippen molar-refractivity contribution >= 4 is 29.1 Å². The van der Waals surface area contributed by atoms with E-state index in [9.17, 15) is 9.18 Å². The van der Waals surface area contributed by atoms with Gasteiger partial charge in [-0.15, -0.1) is 11.8 Å². The molecule has 0 fully saturated rings. The first-order valence-corrected chi connectivity index (χ1v) is 10.7. The second-order valence-electron chi connectivity index (χ2n) is 6.77. The van der Waals surface area contributed by atoms with Crippen LogP contribution in [-0.2, 0) is 5.75 Å². The minimum absolute atomic E-state index is 0.0537. The molecule has 0 aromatic heterocycles. The van der Waals surface area contributed by atoms with Crippen LogP contribution in [0.3, 0.4) is 0 Å². The summed E-state index contributed by atoms with van der Waals surface area (Å²) < 4.78 is 19.4. The highest BCUT2D eigenvalue weighted by molar-refractivity contribution is 7.98. The monoisotopic (exact) mass is 428 g/mol. The molecule has 0 unspecified atom stereocenters. The van der Waals surface area contributed by atoms with Gasteiger partial charge in [0.2, 0.25) is 0 Å². The van der Waals surface area contributed by atoms with Gasteiger partial charge in [-0.3, -0.25) is 4.79 Å². The molecule has 0 aliphatic carbocycles. The van der Waals surface area contributed by atoms with Gasteiger partial charge in [0.25, 0.3) is 0 Å². The maximum atomic E-state index is 14.2. The van der Waals surface area contributed by atoms with Crippen molar-refractivity contribution in [1.82, 2.24) is 0 Å². The predicted octanol–water partition coefficient (Wildman–Crippen LogP) is 7.04. The Morgan fingerprint density at radius 3 is 2.38 bits per heavy atom. The molecule has 0 amide bonds. The van der Waals surface area contributed by atoms with E-state index in [2.05, 4.69) is 0 Å². The summed E-state index contributed by atoms with van der Waals surface area (Å²) >= 11 is 7.69. The number of rotatable bonds is 8. The Morgan fingerprint density at radius 1 is 1.07 bits per heavy atom. The molecule has 5 heteroatoms. The van der Waals surface area contributed by atoms with E-state index >= 15 is 0 Å². The van der Waals surface area contributed by atoms with Crippen LogP contribution in [0.1, 0.15) is 38.7 Å². The zero-order chi connectivity index (χ0) is 20.8. The number of thioether (sulfide) groups is 1. The maximum absolute atomic E-state index is 14.2. The molecule has 2 nitrogen and oxygen atoms in total. The van der Waals surface area contributed by atoms with Crippen LogP contribution in [0.4, 0.5) is 4.39 Å². The third-order valence-corrected chi connectivity index (χ3v) is 6.37. The minimum atomic E-state index is -0.330. The number of carbonyl (C=O) groups excluding carboxylic acids is 1. The molecule has 0 saturated carbocycles. The predicted molar refractivity (Wildman–Crippen MR) is 119 cm³/mol. The van der Waals surface area contributed by atoms with Crippen molar-refractivity contribution in [2.45, 2.75) is 24.3 Å². The van der Waals surface area contributed by atoms with Crippen molar-refractivity contribution in [3.05, 3.63) is 99.8 Å². The Balaban J connectivity index is 1.82. The average molecular weight is 429 g/mol. The van der Waals surface area contributed by atoms with E-state index in [1.54, 1.807) is 19.2 Å². The SMILES string of the molecule is COc1ccc([C@H](CC(=O)c2ccc(C)cc2)SCc2c(F)cccc2Cl)cc1. The first-order valence-electron chi connectivity index (χ1n) is 9.26. The molecule has 3 aromatic carbocycles. The Morgan fingerprint density at radius 2 is 1.76 bits per heavy atom. The van der Waals surface area contributed by atoms with E-state index in [1.807, 2.05) is 55.5 Å². The van der Waals surface area contributed by atoms with Gasteiger partial charge >= 0.3 is 0 Å². The van der Waals surface area contributed by atoms with Crippen molar-refractivity contribution < 1.29 is 13.9 Å². The van der Waals surface area contributed by atoms with Crippen LogP contribution in [0.15, 0.2) is 66.7 Å². The summed E-state index contributed by atoms with van der Waals surface area (Å²) in [6, 6.07) is 19.9.